The minimum atomic E-state index is -0.446. The van der Waals surface area contributed by atoms with Crippen molar-refractivity contribution in [2.75, 3.05) is 12.4 Å². The lowest BCUT2D eigenvalue weighted by Crippen LogP contribution is -2.16. The van der Waals surface area contributed by atoms with Crippen LogP contribution in [0, 0.1) is 25.6 Å². The van der Waals surface area contributed by atoms with Gasteiger partial charge in [-0.2, -0.15) is 0 Å². The van der Waals surface area contributed by atoms with E-state index < -0.39 is 5.97 Å². The van der Waals surface area contributed by atoms with Crippen LogP contribution in [0.4, 0.5) is 9.39 Å². The SMILES string of the molecule is COC(=O)c1c(NC(=O)C2CC2c2ccc(F)cc2)sc(C)c1C. The second-order valence-corrected chi connectivity index (χ2v) is 7.19. The van der Waals surface area contributed by atoms with E-state index in [2.05, 4.69) is 5.32 Å². The van der Waals surface area contributed by atoms with Crippen molar-refractivity contribution >= 4 is 28.2 Å². The summed E-state index contributed by atoms with van der Waals surface area (Å²) in [6.45, 7) is 3.74. The highest BCUT2D eigenvalue weighted by Crippen LogP contribution is 2.48. The number of ether oxygens (including phenoxy) is 1. The third-order valence-corrected chi connectivity index (χ3v) is 5.56. The number of benzene rings is 1. The molecule has 1 amide bonds. The number of esters is 1. The van der Waals surface area contributed by atoms with Gasteiger partial charge in [-0.05, 0) is 49.4 Å². The average molecular weight is 347 g/mol. The van der Waals surface area contributed by atoms with Crippen LogP contribution in [0.15, 0.2) is 24.3 Å². The van der Waals surface area contributed by atoms with Gasteiger partial charge < -0.3 is 10.1 Å². The number of nitrogens with one attached hydrogen (secondary N) is 1. The standard InChI is InChI=1S/C18H18FNO3S/c1-9-10(2)24-17(15(9)18(22)23-3)20-16(21)14-8-13(14)11-4-6-12(19)7-5-11/h4-7,13-14H,8H2,1-3H3,(H,20,21). The largest absolute Gasteiger partial charge is 0.465 e. The lowest BCUT2D eigenvalue weighted by Gasteiger charge is -2.06. The Kier molecular flexibility index (Phi) is 4.41. The minimum absolute atomic E-state index is 0.106. The van der Waals surface area contributed by atoms with Crippen molar-refractivity contribution in [3.05, 3.63) is 51.7 Å². The maximum absolute atomic E-state index is 13.0. The van der Waals surface area contributed by atoms with Crippen molar-refractivity contribution in [2.24, 2.45) is 5.92 Å². The van der Waals surface area contributed by atoms with Gasteiger partial charge in [-0.25, -0.2) is 9.18 Å². The minimum Gasteiger partial charge on any atom is -0.465 e. The zero-order valence-corrected chi connectivity index (χ0v) is 14.5. The van der Waals surface area contributed by atoms with E-state index in [0.717, 1.165) is 22.4 Å². The Bertz CT molecular complexity index is 797. The van der Waals surface area contributed by atoms with Crippen LogP contribution >= 0.6 is 11.3 Å². The summed E-state index contributed by atoms with van der Waals surface area (Å²) < 4.78 is 17.8. The van der Waals surface area contributed by atoms with Crippen LogP contribution in [0.5, 0.6) is 0 Å². The first kappa shape index (κ1) is 16.6. The van der Waals surface area contributed by atoms with Crippen LogP contribution in [-0.2, 0) is 9.53 Å². The lowest BCUT2D eigenvalue weighted by atomic mass is 10.1. The monoisotopic (exact) mass is 347 g/mol. The summed E-state index contributed by atoms with van der Waals surface area (Å²) in [5.41, 5.74) is 2.21. The number of aryl methyl sites for hydroxylation is 1. The molecule has 0 aliphatic heterocycles. The second kappa shape index (κ2) is 6.36. The van der Waals surface area contributed by atoms with Gasteiger partial charge in [0, 0.05) is 10.8 Å². The van der Waals surface area contributed by atoms with Crippen LogP contribution in [-0.4, -0.2) is 19.0 Å². The molecule has 1 saturated carbocycles. The zero-order chi connectivity index (χ0) is 17.4. The highest BCUT2D eigenvalue weighted by molar-refractivity contribution is 7.16. The summed E-state index contributed by atoms with van der Waals surface area (Å²) in [4.78, 5) is 25.4. The van der Waals surface area contributed by atoms with Gasteiger partial charge in [-0.3, -0.25) is 4.79 Å². The second-order valence-electron chi connectivity index (χ2n) is 5.97. The van der Waals surface area contributed by atoms with Crippen molar-refractivity contribution in [1.82, 2.24) is 0 Å². The molecule has 1 fully saturated rings. The van der Waals surface area contributed by atoms with Crippen molar-refractivity contribution in [3.63, 3.8) is 0 Å². The van der Waals surface area contributed by atoms with Gasteiger partial charge in [0.15, 0.2) is 0 Å². The van der Waals surface area contributed by atoms with Crippen LogP contribution in [0.1, 0.15) is 38.7 Å². The van der Waals surface area contributed by atoms with Gasteiger partial charge in [-0.1, -0.05) is 12.1 Å². The quantitative estimate of drug-likeness (QED) is 0.850. The molecule has 1 aromatic heterocycles. The molecule has 126 valence electrons. The van der Waals surface area contributed by atoms with Gasteiger partial charge in [0.25, 0.3) is 0 Å². The number of thiophene rings is 1. The molecule has 24 heavy (non-hydrogen) atoms. The van der Waals surface area contributed by atoms with E-state index in [-0.39, 0.29) is 23.6 Å². The van der Waals surface area contributed by atoms with Crippen molar-refractivity contribution in [3.8, 4) is 0 Å². The molecule has 1 aliphatic rings. The number of carbonyl (C=O) groups is 2. The van der Waals surface area contributed by atoms with E-state index in [1.807, 2.05) is 13.8 Å². The smallest absolute Gasteiger partial charge is 0.341 e. The molecule has 0 radical (unpaired) electrons. The van der Waals surface area contributed by atoms with Crippen molar-refractivity contribution < 1.29 is 18.7 Å². The fourth-order valence-corrected chi connectivity index (χ4v) is 3.88. The highest BCUT2D eigenvalue weighted by Gasteiger charge is 2.44. The zero-order valence-electron chi connectivity index (χ0n) is 13.7. The molecule has 2 atom stereocenters. The molecule has 1 N–H and O–H groups in total. The van der Waals surface area contributed by atoms with Crippen molar-refractivity contribution in [2.45, 2.75) is 26.2 Å². The summed E-state index contributed by atoms with van der Waals surface area (Å²) >= 11 is 1.37. The van der Waals surface area contributed by atoms with E-state index in [1.54, 1.807) is 12.1 Å². The molecule has 0 spiro atoms. The molecular formula is C18H18FNO3S. The Morgan fingerprint density at radius 3 is 2.54 bits per heavy atom. The first-order valence-electron chi connectivity index (χ1n) is 7.67. The molecule has 1 aliphatic carbocycles. The summed E-state index contributed by atoms with van der Waals surface area (Å²) in [7, 11) is 1.33. The van der Waals surface area contributed by atoms with E-state index in [1.165, 1.54) is 30.6 Å². The van der Waals surface area contributed by atoms with Gasteiger partial charge in [0.1, 0.15) is 10.8 Å². The Morgan fingerprint density at radius 1 is 1.25 bits per heavy atom. The number of amides is 1. The third-order valence-electron chi connectivity index (χ3n) is 4.44. The summed E-state index contributed by atoms with van der Waals surface area (Å²) in [5.74, 6) is -0.889. The van der Waals surface area contributed by atoms with Crippen LogP contribution in [0.3, 0.4) is 0 Å². The van der Waals surface area contributed by atoms with Crippen LogP contribution < -0.4 is 5.32 Å². The number of carbonyl (C=O) groups excluding carboxylic acids is 2. The molecule has 1 aromatic carbocycles. The Hall–Kier alpha value is -2.21. The predicted octanol–water partition coefficient (Wildman–Crippen LogP) is 4.03. The normalized spacial score (nSPS) is 19.0. The number of methoxy groups -OCH3 is 1. The van der Waals surface area contributed by atoms with Gasteiger partial charge in [0.05, 0.1) is 12.7 Å². The van der Waals surface area contributed by atoms with E-state index in [0.29, 0.717) is 10.6 Å². The molecule has 3 rings (SSSR count). The van der Waals surface area contributed by atoms with E-state index >= 15 is 0 Å². The maximum Gasteiger partial charge on any atom is 0.341 e. The lowest BCUT2D eigenvalue weighted by molar-refractivity contribution is -0.117. The highest BCUT2D eigenvalue weighted by atomic mass is 32.1. The fourth-order valence-electron chi connectivity index (χ4n) is 2.83. The molecule has 0 saturated heterocycles. The predicted molar refractivity (Wildman–Crippen MR) is 91.0 cm³/mol. The molecule has 2 unspecified atom stereocenters. The molecular weight excluding hydrogens is 329 g/mol. The number of hydrogen-bond acceptors (Lipinski definition) is 4. The number of rotatable bonds is 4. The molecule has 0 bridgehead atoms. The average Bonchev–Trinajstić information content (AvgIpc) is 3.30. The summed E-state index contributed by atoms with van der Waals surface area (Å²) in [5, 5.41) is 3.40. The van der Waals surface area contributed by atoms with Crippen LogP contribution in [0.2, 0.25) is 0 Å². The summed E-state index contributed by atoms with van der Waals surface area (Å²) in [6.07, 6.45) is 0.731. The van der Waals surface area contributed by atoms with Gasteiger partial charge >= 0.3 is 5.97 Å². The Labute approximate surface area is 143 Å². The topological polar surface area (TPSA) is 55.4 Å². The Balaban J connectivity index is 1.74. The van der Waals surface area contributed by atoms with Crippen LogP contribution in [0.25, 0.3) is 0 Å². The van der Waals surface area contributed by atoms with Gasteiger partial charge in [0.2, 0.25) is 5.91 Å². The number of anilines is 1. The molecule has 2 aromatic rings. The fraction of sp³-hybridized carbons (Fsp3) is 0.333. The number of hydrogen-bond donors (Lipinski definition) is 1. The maximum atomic E-state index is 13.0. The Morgan fingerprint density at radius 2 is 1.92 bits per heavy atom. The summed E-state index contributed by atoms with van der Waals surface area (Å²) in [6, 6.07) is 6.24. The molecule has 4 nitrogen and oxygen atoms in total. The van der Waals surface area contributed by atoms with Gasteiger partial charge in [-0.15, -0.1) is 11.3 Å². The van der Waals surface area contributed by atoms with Crippen molar-refractivity contribution in [1.29, 1.82) is 0 Å². The first-order valence-corrected chi connectivity index (χ1v) is 8.48. The van der Waals surface area contributed by atoms with E-state index in [9.17, 15) is 14.0 Å². The number of halogens is 1. The van der Waals surface area contributed by atoms with E-state index in [4.69, 9.17) is 4.74 Å². The first-order chi connectivity index (χ1) is 11.4. The molecule has 1 heterocycles. The molecule has 6 heteroatoms. The third kappa shape index (κ3) is 3.06.